The van der Waals surface area contributed by atoms with Crippen LogP contribution >= 0.6 is 0 Å². The van der Waals surface area contributed by atoms with E-state index in [0.717, 1.165) is 52.4 Å². The second-order valence-electron chi connectivity index (χ2n) is 4.78. The Hall–Kier alpha value is -0.160. The molecule has 0 aliphatic heterocycles. The number of hydrogen-bond donors (Lipinski definition) is 1. The van der Waals surface area contributed by atoms with Gasteiger partial charge in [-0.05, 0) is 18.9 Å². The standard InChI is InChI=1S/C13H30N2O2/c1-13(2)12-15(9-11-17-4)8-7-14-6-5-10-16-3/h13-14H,5-12H2,1-4H3. The summed E-state index contributed by atoms with van der Waals surface area (Å²) in [6.45, 7) is 11.5. The summed E-state index contributed by atoms with van der Waals surface area (Å²) < 4.78 is 10.1. The Morgan fingerprint density at radius 3 is 2.29 bits per heavy atom. The van der Waals surface area contributed by atoms with Crippen LogP contribution in [0.3, 0.4) is 0 Å². The van der Waals surface area contributed by atoms with Gasteiger partial charge in [0.05, 0.1) is 6.61 Å². The van der Waals surface area contributed by atoms with Crippen molar-refractivity contribution in [2.24, 2.45) is 5.92 Å². The number of hydrogen-bond acceptors (Lipinski definition) is 4. The lowest BCUT2D eigenvalue weighted by Gasteiger charge is -2.24. The molecule has 104 valence electrons. The molecule has 0 bridgehead atoms. The van der Waals surface area contributed by atoms with Crippen LogP contribution in [0.5, 0.6) is 0 Å². The molecule has 0 atom stereocenters. The molecule has 0 saturated heterocycles. The lowest BCUT2D eigenvalue weighted by atomic mass is 10.2. The Morgan fingerprint density at radius 2 is 1.71 bits per heavy atom. The van der Waals surface area contributed by atoms with Crippen molar-refractivity contribution in [1.82, 2.24) is 10.2 Å². The molecule has 0 amide bonds. The highest BCUT2D eigenvalue weighted by Crippen LogP contribution is 1.97. The minimum Gasteiger partial charge on any atom is -0.385 e. The molecule has 0 aromatic heterocycles. The highest BCUT2D eigenvalue weighted by atomic mass is 16.5. The third-order valence-corrected chi connectivity index (χ3v) is 2.54. The maximum Gasteiger partial charge on any atom is 0.0589 e. The van der Waals surface area contributed by atoms with Gasteiger partial charge in [-0.2, -0.15) is 0 Å². The summed E-state index contributed by atoms with van der Waals surface area (Å²) >= 11 is 0. The fourth-order valence-electron chi connectivity index (χ4n) is 1.73. The molecule has 0 fully saturated rings. The fraction of sp³-hybridized carbons (Fsp3) is 1.00. The molecule has 0 heterocycles. The maximum atomic E-state index is 5.13. The van der Waals surface area contributed by atoms with Gasteiger partial charge in [-0.25, -0.2) is 0 Å². The zero-order chi connectivity index (χ0) is 12.9. The van der Waals surface area contributed by atoms with Crippen molar-refractivity contribution in [3.05, 3.63) is 0 Å². The first-order chi connectivity index (χ1) is 8.20. The van der Waals surface area contributed by atoms with Crippen molar-refractivity contribution in [1.29, 1.82) is 0 Å². The van der Waals surface area contributed by atoms with Gasteiger partial charge in [0.15, 0.2) is 0 Å². The molecule has 0 spiro atoms. The number of rotatable bonds is 12. The van der Waals surface area contributed by atoms with E-state index in [1.165, 1.54) is 0 Å². The summed E-state index contributed by atoms with van der Waals surface area (Å²) in [6.07, 6.45) is 1.08. The van der Waals surface area contributed by atoms with Crippen LogP contribution < -0.4 is 5.32 Å². The molecule has 4 heteroatoms. The quantitative estimate of drug-likeness (QED) is 0.525. The molecule has 17 heavy (non-hydrogen) atoms. The summed E-state index contributed by atoms with van der Waals surface area (Å²) in [6, 6.07) is 0. The van der Waals surface area contributed by atoms with Gasteiger partial charge in [0.25, 0.3) is 0 Å². The van der Waals surface area contributed by atoms with Gasteiger partial charge in [0.2, 0.25) is 0 Å². The predicted molar refractivity (Wildman–Crippen MR) is 72.5 cm³/mol. The second-order valence-corrected chi connectivity index (χ2v) is 4.78. The first-order valence-corrected chi connectivity index (χ1v) is 6.61. The molecule has 0 unspecified atom stereocenters. The lowest BCUT2D eigenvalue weighted by Crippen LogP contribution is -2.37. The van der Waals surface area contributed by atoms with Crippen LogP contribution in [-0.2, 0) is 9.47 Å². The zero-order valence-electron chi connectivity index (χ0n) is 12.0. The smallest absolute Gasteiger partial charge is 0.0589 e. The Bertz CT molecular complexity index is 154. The average molecular weight is 246 g/mol. The molecule has 0 aliphatic carbocycles. The first-order valence-electron chi connectivity index (χ1n) is 6.61. The summed E-state index contributed by atoms with van der Waals surface area (Å²) in [4.78, 5) is 2.46. The second kappa shape index (κ2) is 12.3. The Morgan fingerprint density at radius 1 is 1.00 bits per heavy atom. The minimum absolute atomic E-state index is 0.709. The zero-order valence-corrected chi connectivity index (χ0v) is 12.0. The molecular weight excluding hydrogens is 216 g/mol. The van der Waals surface area contributed by atoms with E-state index in [1.54, 1.807) is 14.2 Å². The normalized spacial score (nSPS) is 11.6. The van der Waals surface area contributed by atoms with E-state index in [1.807, 2.05) is 0 Å². The van der Waals surface area contributed by atoms with E-state index in [0.29, 0.717) is 5.92 Å². The molecule has 0 rings (SSSR count). The van der Waals surface area contributed by atoms with Gasteiger partial charge in [-0.15, -0.1) is 0 Å². The van der Waals surface area contributed by atoms with Crippen LogP contribution in [0.4, 0.5) is 0 Å². The Labute approximate surface area is 107 Å². The topological polar surface area (TPSA) is 33.7 Å². The minimum atomic E-state index is 0.709. The van der Waals surface area contributed by atoms with Crippen molar-refractivity contribution in [3.8, 4) is 0 Å². The van der Waals surface area contributed by atoms with Crippen LogP contribution in [0.25, 0.3) is 0 Å². The highest BCUT2D eigenvalue weighted by Gasteiger charge is 2.06. The van der Waals surface area contributed by atoms with Gasteiger partial charge in [-0.1, -0.05) is 13.8 Å². The van der Waals surface area contributed by atoms with E-state index in [4.69, 9.17) is 9.47 Å². The van der Waals surface area contributed by atoms with Crippen LogP contribution in [0.1, 0.15) is 20.3 Å². The molecule has 0 aliphatic rings. The fourth-order valence-corrected chi connectivity index (χ4v) is 1.73. The van der Waals surface area contributed by atoms with Crippen LogP contribution in [0, 0.1) is 5.92 Å². The van der Waals surface area contributed by atoms with Crippen molar-refractivity contribution in [2.75, 3.05) is 60.2 Å². The van der Waals surface area contributed by atoms with E-state index in [9.17, 15) is 0 Å². The number of nitrogens with zero attached hydrogens (tertiary/aromatic N) is 1. The van der Waals surface area contributed by atoms with Gasteiger partial charge in [-0.3, -0.25) is 4.90 Å². The van der Waals surface area contributed by atoms with Crippen LogP contribution in [0.2, 0.25) is 0 Å². The number of methoxy groups -OCH3 is 2. The number of ether oxygens (including phenoxy) is 2. The predicted octanol–water partition coefficient (Wildman–Crippen LogP) is 1.22. The highest BCUT2D eigenvalue weighted by molar-refractivity contribution is 4.62. The Kier molecular flexibility index (Phi) is 12.2. The van der Waals surface area contributed by atoms with Gasteiger partial charge < -0.3 is 14.8 Å². The van der Waals surface area contributed by atoms with Crippen LogP contribution in [0.15, 0.2) is 0 Å². The van der Waals surface area contributed by atoms with E-state index >= 15 is 0 Å². The van der Waals surface area contributed by atoms with E-state index < -0.39 is 0 Å². The first kappa shape index (κ1) is 16.8. The van der Waals surface area contributed by atoms with E-state index in [-0.39, 0.29) is 0 Å². The summed E-state index contributed by atoms with van der Waals surface area (Å²) in [5.74, 6) is 0.709. The molecular formula is C13H30N2O2. The molecule has 0 radical (unpaired) electrons. The third-order valence-electron chi connectivity index (χ3n) is 2.54. The van der Waals surface area contributed by atoms with Gasteiger partial charge >= 0.3 is 0 Å². The van der Waals surface area contributed by atoms with Gasteiger partial charge in [0, 0.05) is 47.0 Å². The van der Waals surface area contributed by atoms with Crippen molar-refractivity contribution in [3.63, 3.8) is 0 Å². The largest absolute Gasteiger partial charge is 0.385 e. The summed E-state index contributed by atoms with van der Waals surface area (Å²) in [5, 5.41) is 3.44. The molecule has 0 aromatic carbocycles. The van der Waals surface area contributed by atoms with Gasteiger partial charge in [0.1, 0.15) is 0 Å². The van der Waals surface area contributed by atoms with Crippen LogP contribution in [-0.4, -0.2) is 65.1 Å². The summed E-state index contributed by atoms with van der Waals surface area (Å²) in [5.41, 5.74) is 0. The monoisotopic (exact) mass is 246 g/mol. The Balaban J connectivity index is 3.53. The summed E-state index contributed by atoms with van der Waals surface area (Å²) in [7, 11) is 3.51. The lowest BCUT2D eigenvalue weighted by molar-refractivity contribution is 0.140. The molecule has 4 nitrogen and oxygen atoms in total. The SMILES string of the molecule is COCCCNCCN(CCOC)CC(C)C. The molecule has 1 N–H and O–H groups in total. The van der Waals surface area contributed by atoms with Crippen molar-refractivity contribution in [2.45, 2.75) is 20.3 Å². The van der Waals surface area contributed by atoms with Crippen molar-refractivity contribution >= 4 is 0 Å². The third kappa shape index (κ3) is 12.1. The molecule has 0 saturated carbocycles. The van der Waals surface area contributed by atoms with E-state index in [2.05, 4.69) is 24.1 Å². The average Bonchev–Trinajstić information content (AvgIpc) is 2.29. The maximum absolute atomic E-state index is 5.13. The van der Waals surface area contributed by atoms with Crippen molar-refractivity contribution < 1.29 is 9.47 Å². The number of nitrogens with one attached hydrogen (secondary N) is 1. The molecule has 0 aromatic rings.